The van der Waals surface area contributed by atoms with Crippen LogP contribution in [0.5, 0.6) is 0 Å². The van der Waals surface area contributed by atoms with Crippen molar-refractivity contribution in [3.63, 3.8) is 0 Å². The van der Waals surface area contributed by atoms with Crippen LogP contribution in [0.1, 0.15) is 13.3 Å². The standard InChI is InChI=1S/C9H17FN2OS/c1-8(10)2-3-11-9(13)12-4-6-14-7-5-12/h8H,2-7H2,1H3,(H,11,13). The molecule has 1 aliphatic heterocycles. The van der Waals surface area contributed by atoms with Crippen molar-refractivity contribution < 1.29 is 9.18 Å². The van der Waals surface area contributed by atoms with Crippen molar-refractivity contribution >= 4 is 17.8 Å². The van der Waals surface area contributed by atoms with Gasteiger partial charge < -0.3 is 10.2 Å². The van der Waals surface area contributed by atoms with Crippen molar-refractivity contribution in [3.8, 4) is 0 Å². The van der Waals surface area contributed by atoms with E-state index in [4.69, 9.17) is 0 Å². The van der Waals surface area contributed by atoms with E-state index in [9.17, 15) is 9.18 Å². The van der Waals surface area contributed by atoms with Gasteiger partial charge in [-0.05, 0) is 13.3 Å². The maximum absolute atomic E-state index is 12.4. The highest BCUT2D eigenvalue weighted by atomic mass is 32.2. The summed E-state index contributed by atoms with van der Waals surface area (Å²) < 4.78 is 12.4. The van der Waals surface area contributed by atoms with Gasteiger partial charge in [-0.2, -0.15) is 11.8 Å². The number of hydrogen-bond acceptors (Lipinski definition) is 2. The fraction of sp³-hybridized carbons (Fsp3) is 0.889. The number of nitrogens with one attached hydrogen (secondary N) is 1. The summed E-state index contributed by atoms with van der Waals surface area (Å²) in [6, 6.07) is -0.0500. The molecule has 0 spiro atoms. The predicted octanol–water partition coefficient (Wildman–Crippen LogP) is 1.49. The normalized spacial score (nSPS) is 19.1. The molecule has 0 aromatic heterocycles. The molecular formula is C9H17FN2OS. The van der Waals surface area contributed by atoms with Crippen molar-refractivity contribution in [2.24, 2.45) is 0 Å². The van der Waals surface area contributed by atoms with E-state index in [-0.39, 0.29) is 6.03 Å². The Morgan fingerprint density at radius 2 is 2.21 bits per heavy atom. The first-order valence-corrected chi connectivity index (χ1v) is 6.10. The highest BCUT2D eigenvalue weighted by Gasteiger charge is 2.15. The lowest BCUT2D eigenvalue weighted by Gasteiger charge is -2.26. The number of amides is 2. The van der Waals surface area contributed by atoms with Gasteiger partial charge in [0.2, 0.25) is 0 Å². The molecule has 2 amide bonds. The highest BCUT2D eigenvalue weighted by Crippen LogP contribution is 2.08. The number of alkyl halides is 1. The second kappa shape index (κ2) is 6.11. The Morgan fingerprint density at radius 3 is 2.79 bits per heavy atom. The highest BCUT2D eigenvalue weighted by molar-refractivity contribution is 7.99. The molecule has 1 rings (SSSR count). The molecule has 1 N–H and O–H groups in total. The van der Waals surface area contributed by atoms with Gasteiger partial charge in [-0.15, -0.1) is 0 Å². The summed E-state index contributed by atoms with van der Waals surface area (Å²) in [7, 11) is 0. The van der Waals surface area contributed by atoms with E-state index in [1.54, 1.807) is 4.90 Å². The first-order chi connectivity index (χ1) is 6.70. The van der Waals surface area contributed by atoms with E-state index >= 15 is 0 Å². The summed E-state index contributed by atoms with van der Waals surface area (Å²) >= 11 is 1.86. The average molecular weight is 220 g/mol. The smallest absolute Gasteiger partial charge is 0.317 e. The van der Waals surface area contributed by atoms with Crippen molar-refractivity contribution in [1.82, 2.24) is 10.2 Å². The molecule has 1 atom stereocenters. The molecule has 0 aliphatic carbocycles. The van der Waals surface area contributed by atoms with Crippen LogP contribution >= 0.6 is 11.8 Å². The zero-order valence-electron chi connectivity index (χ0n) is 8.46. The number of rotatable bonds is 3. The van der Waals surface area contributed by atoms with E-state index in [0.29, 0.717) is 13.0 Å². The third kappa shape index (κ3) is 4.17. The first kappa shape index (κ1) is 11.6. The fourth-order valence-electron chi connectivity index (χ4n) is 1.26. The molecule has 0 bridgehead atoms. The van der Waals surface area contributed by atoms with Gasteiger partial charge in [0.1, 0.15) is 0 Å². The monoisotopic (exact) mass is 220 g/mol. The van der Waals surface area contributed by atoms with Crippen LogP contribution in [0, 0.1) is 0 Å². The molecule has 5 heteroatoms. The number of urea groups is 1. The average Bonchev–Trinajstić information content (AvgIpc) is 2.18. The van der Waals surface area contributed by atoms with Crippen LogP contribution in [0.3, 0.4) is 0 Å². The van der Waals surface area contributed by atoms with E-state index in [2.05, 4.69) is 5.32 Å². The minimum Gasteiger partial charge on any atom is -0.338 e. The minimum absolute atomic E-state index is 0.0500. The van der Waals surface area contributed by atoms with Gasteiger partial charge in [-0.3, -0.25) is 0 Å². The Hall–Kier alpha value is -0.450. The number of hydrogen-bond donors (Lipinski definition) is 1. The molecule has 0 radical (unpaired) electrons. The molecule has 1 unspecified atom stereocenters. The lowest BCUT2D eigenvalue weighted by Crippen LogP contribution is -2.44. The summed E-state index contributed by atoms with van der Waals surface area (Å²) in [5.41, 5.74) is 0. The zero-order valence-corrected chi connectivity index (χ0v) is 9.28. The number of carbonyl (C=O) groups is 1. The Bertz CT molecular complexity index is 184. The summed E-state index contributed by atoms with van der Waals surface area (Å²) in [4.78, 5) is 13.3. The molecule has 1 saturated heterocycles. The molecule has 0 aromatic carbocycles. The van der Waals surface area contributed by atoms with Gasteiger partial charge in [0.15, 0.2) is 0 Å². The molecule has 3 nitrogen and oxygen atoms in total. The quantitative estimate of drug-likeness (QED) is 0.781. The van der Waals surface area contributed by atoms with Gasteiger partial charge in [0.25, 0.3) is 0 Å². The Kier molecular flexibility index (Phi) is 5.07. The molecule has 14 heavy (non-hydrogen) atoms. The lowest BCUT2D eigenvalue weighted by molar-refractivity contribution is 0.201. The van der Waals surface area contributed by atoms with Gasteiger partial charge in [-0.25, -0.2) is 9.18 Å². The summed E-state index contributed by atoms with van der Waals surface area (Å²) in [5, 5.41) is 2.72. The van der Waals surface area contributed by atoms with E-state index in [1.807, 2.05) is 11.8 Å². The fourth-order valence-corrected chi connectivity index (χ4v) is 2.16. The van der Waals surface area contributed by atoms with Crippen LogP contribution in [0.25, 0.3) is 0 Å². The maximum Gasteiger partial charge on any atom is 0.317 e. The zero-order chi connectivity index (χ0) is 10.4. The second-order valence-electron chi connectivity index (χ2n) is 3.40. The molecule has 1 fully saturated rings. The Morgan fingerprint density at radius 1 is 1.57 bits per heavy atom. The Labute approximate surface area is 88.4 Å². The number of nitrogens with zero attached hydrogens (tertiary/aromatic N) is 1. The van der Waals surface area contributed by atoms with Crippen molar-refractivity contribution in [2.45, 2.75) is 19.5 Å². The number of halogens is 1. The second-order valence-corrected chi connectivity index (χ2v) is 4.63. The number of thioether (sulfide) groups is 1. The molecule has 1 aliphatic rings. The molecule has 0 saturated carbocycles. The van der Waals surface area contributed by atoms with Gasteiger partial charge in [0, 0.05) is 31.1 Å². The van der Waals surface area contributed by atoms with Gasteiger partial charge in [0.05, 0.1) is 6.17 Å². The minimum atomic E-state index is -0.841. The topological polar surface area (TPSA) is 32.3 Å². The van der Waals surface area contributed by atoms with Crippen LogP contribution in [0.4, 0.5) is 9.18 Å². The lowest BCUT2D eigenvalue weighted by atomic mass is 10.3. The van der Waals surface area contributed by atoms with Crippen LogP contribution in [-0.2, 0) is 0 Å². The van der Waals surface area contributed by atoms with Crippen LogP contribution < -0.4 is 5.32 Å². The van der Waals surface area contributed by atoms with Gasteiger partial charge in [-0.1, -0.05) is 0 Å². The summed E-state index contributed by atoms with van der Waals surface area (Å²) in [6.45, 7) is 3.55. The van der Waals surface area contributed by atoms with E-state index in [0.717, 1.165) is 24.6 Å². The molecule has 0 aromatic rings. The predicted molar refractivity (Wildman–Crippen MR) is 57.5 cm³/mol. The first-order valence-electron chi connectivity index (χ1n) is 4.94. The number of carbonyl (C=O) groups excluding carboxylic acids is 1. The van der Waals surface area contributed by atoms with Crippen LogP contribution in [0.2, 0.25) is 0 Å². The van der Waals surface area contributed by atoms with Gasteiger partial charge >= 0.3 is 6.03 Å². The van der Waals surface area contributed by atoms with Crippen LogP contribution in [0.15, 0.2) is 0 Å². The summed E-state index contributed by atoms with van der Waals surface area (Å²) in [5.74, 6) is 2.01. The Balaban J connectivity index is 2.13. The van der Waals surface area contributed by atoms with Crippen molar-refractivity contribution in [1.29, 1.82) is 0 Å². The third-order valence-corrected chi connectivity index (χ3v) is 3.06. The molecule has 82 valence electrons. The SMILES string of the molecule is CC(F)CCNC(=O)N1CCSCC1. The molecule has 1 heterocycles. The maximum atomic E-state index is 12.4. The third-order valence-electron chi connectivity index (χ3n) is 2.12. The van der Waals surface area contributed by atoms with E-state index < -0.39 is 6.17 Å². The van der Waals surface area contributed by atoms with Crippen molar-refractivity contribution in [2.75, 3.05) is 31.1 Å². The van der Waals surface area contributed by atoms with Crippen LogP contribution in [-0.4, -0.2) is 48.2 Å². The largest absolute Gasteiger partial charge is 0.338 e. The van der Waals surface area contributed by atoms with Crippen molar-refractivity contribution in [3.05, 3.63) is 0 Å². The molecular weight excluding hydrogens is 203 g/mol. The summed E-state index contributed by atoms with van der Waals surface area (Å²) in [6.07, 6.45) is -0.443. The van der Waals surface area contributed by atoms with E-state index in [1.165, 1.54) is 6.92 Å².